The van der Waals surface area contributed by atoms with Crippen LogP contribution in [0.5, 0.6) is 0 Å². The summed E-state index contributed by atoms with van der Waals surface area (Å²) in [6.07, 6.45) is 5.87. The maximum atomic E-state index is 14.4. The minimum atomic E-state index is -1.54. The second kappa shape index (κ2) is 8.57. The summed E-state index contributed by atoms with van der Waals surface area (Å²) in [6, 6.07) is 4.39. The van der Waals surface area contributed by atoms with E-state index in [2.05, 4.69) is 12.3 Å². The topological polar surface area (TPSA) is 0 Å². The molecule has 28 heavy (non-hydrogen) atoms. The molecular formula is C23H19F5. The Balaban J connectivity index is 1.74. The number of allylic oxidation sites excluding steroid dienone is 2. The summed E-state index contributed by atoms with van der Waals surface area (Å²) in [6.45, 7) is 3.64. The van der Waals surface area contributed by atoms with Crippen LogP contribution in [0.4, 0.5) is 22.0 Å². The molecule has 0 bridgehead atoms. The van der Waals surface area contributed by atoms with Gasteiger partial charge >= 0.3 is 0 Å². The lowest BCUT2D eigenvalue weighted by Gasteiger charge is -2.23. The van der Waals surface area contributed by atoms with Crippen molar-refractivity contribution >= 4 is 6.08 Å². The van der Waals surface area contributed by atoms with Gasteiger partial charge in [0, 0.05) is 5.56 Å². The average Bonchev–Trinajstić information content (AvgIpc) is 2.68. The molecule has 1 saturated carbocycles. The zero-order valence-corrected chi connectivity index (χ0v) is 15.2. The van der Waals surface area contributed by atoms with E-state index in [1.54, 1.807) is 0 Å². The van der Waals surface area contributed by atoms with E-state index in [4.69, 9.17) is 0 Å². The normalized spacial score (nSPS) is 17.2. The van der Waals surface area contributed by atoms with Gasteiger partial charge in [0.05, 0.1) is 0 Å². The van der Waals surface area contributed by atoms with Crippen LogP contribution in [0.25, 0.3) is 6.08 Å². The minimum absolute atomic E-state index is 0.00798. The molecule has 0 aliphatic heterocycles. The molecule has 1 aliphatic rings. The van der Waals surface area contributed by atoms with E-state index in [-0.39, 0.29) is 23.5 Å². The zero-order chi connectivity index (χ0) is 20.3. The Morgan fingerprint density at radius 2 is 1.46 bits per heavy atom. The maximum absolute atomic E-state index is 14.4. The van der Waals surface area contributed by atoms with Crippen LogP contribution in [-0.4, -0.2) is 0 Å². The van der Waals surface area contributed by atoms with Gasteiger partial charge in [-0.25, -0.2) is 22.0 Å². The third kappa shape index (κ3) is 4.42. The molecule has 2 aromatic carbocycles. The summed E-state index contributed by atoms with van der Waals surface area (Å²) < 4.78 is 68.3. The second-order valence-corrected chi connectivity index (χ2v) is 6.93. The summed E-state index contributed by atoms with van der Waals surface area (Å²) in [7, 11) is 0. The first-order chi connectivity index (χ1) is 13.4. The smallest absolute Gasteiger partial charge is 0.194 e. The number of benzene rings is 2. The SMILES string of the molecule is C=C=C1CCC(c2cc(F)c(/C=C\Cc3cc(F)c(F)c(F)c3)c(F)c2)CC1. The lowest BCUT2D eigenvalue weighted by molar-refractivity contribution is 0.445. The van der Waals surface area contributed by atoms with Gasteiger partial charge in [-0.1, -0.05) is 18.7 Å². The van der Waals surface area contributed by atoms with Crippen molar-refractivity contribution in [3.8, 4) is 0 Å². The summed E-state index contributed by atoms with van der Waals surface area (Å²) in [5.41, 5.74) is 4.61. The van der Waals surface area contributed by atoms with E-state index in [0.29, 0.717) is 5.56 Å². The van der Waals surface area contributed by atoms with Crippen LogP contribution in [0.15, 0.2) is 48.2 Å². The summed E-state index contributed by atoms with van der Waals surface area (Å²) in [4.78, 5) is 0. The highest BCUT2D eigenvalue weighted by molar-refractivity contribution is 5.52. The monoisotopic (exact) mass is 390 g/mol. The molecule has 1 fully saturated rings. The van der Waals surface area contributed by atoms with Crippen LogP contribution in [0, 0.1) is 29.1 Å². The predicted octanol–water partition coefficient (Wildman–Crippen LogP) is 7.01. The van der Waals surface area contributed by atoms with Gasteiger partial charge in [-0.3, -0.25) is 0 Å². The van der Waals surface area contributed by atoms with Crippen molar-refractivity contribution < 1.29 is 22.0 Å². The minimum Gasteiger partial charge on any atom is -0.206 e. The average molecular weight is 390 g/mol. The van der Waals surface area contributed by atoms with E-state index in [0.717, 1.165) is 43.4 Å². The zero-order valence-electron chi connectivity index (χ0n) is 15.2. The molecule has 5 heteroatoms. The molecule has 0 aromatic heterocycles. The summed E-state index contributed by atoms with van der Waals surface area (Å²) in [5.74, 6) is -5.43. The van der Waals surface area contributed by atoms with Gasteiger partial charge in [0.1, 0.15) is 11.6 Å². The van der Waals surface area contributed by atoms with Crippen LogP contribution in [-0.2, 0) is 6.42 Å². The highest BCUT2D eigenvalue weighted by Gasteiger charge is 2.20. The van der Waals surface area contributed by atoms with Crippen LogP contribution in [0.1, 0.15) is 48.3 Å². The molecule has 0 heterocycles. The van der Waals surface area contributed by atoms with Gasteiger partial charge in [0.25, 0.3) is 0 Å². The van der Waals surface area contributed by atoms with Gasteiger partial charge in [-0.2, -0.15) is 0 Å². The van der Waals surface area contributed by atoms with E-state index in [1.807, 2.05) is 0 Å². The first-order valence-corrected chi connectivity index (χ1v) is 9.05. The van der Waals surface area contributed by atoms with Crippen molar-refractivity contribution in [2.75, 3.05) is 0 Å². The largest absolute Gasteiger partial charge is 0.206 e. The fourth-order valence-electron chi connectivity index (χ4n) is 3.51. The van der Waals surface area contributed by atoms with Crippen molar-refractivity contribution in [3.05, 3.63) is 94.0 Å². The van der Waals surface area contributed by atoms with Gasteiger partial charge in [0.2, 0.25) is 0 Å². The molecule has 0 atom stereocenters. The Morgan fingerprint density at radius 1 is 0.893 bits per heavy atom. The van der Waals surface area contributed by atoms with Crippen LogP contribution >= 0.6 is 0 Å². The maximum Gasteiger partial charge on any atom is 0.194 e. The number of hydrogen-bond donors (Lipinski definition) is 0. The first-order valence-electron chi connectivity index (χ1n) is 9.05. The highest BCUT2D eigenvalue weighted by Crippen LogP contribution is 2.36. The molecule has 0 unspecified atom stereocenters. The fourth-order valence-corrected chi connectivity index (χ4v) is 3.51. The standard InChI is InChI=1S/C23H19F5/c1-2-14-6-8-16(9-7-14)17-12-19(24)18(20(25)13-17)5-3-4-15-10-21(26)23(28)22(27)11-15/h3,5,10-13,16H,1,4,6-9H2/b5-3-. The molecule has 1 aliphatic carbocycles. The predicted molar refractivity (Wildman–Crippen MR) is 99.3 cm³/mol. The fraction of sp³-hybridized carbons (Fsp3) is 0.261. The molecule has 0 N–H and O–H groups in total. The molecule has 2 aromatic rings. The second-order valence-electron chi connectivity index (χ2n) is 6.93. The molecule has 146 valence electrons. The van der Waals surface area contributed by atoms with Gasteiger partial charge in [-0.05, 0) is 79.0 Å². The molecule has 3 rings (SSSR count). The molecule has 0 nitrogen and oxygen atoms in total. The lowest BCUT2D eigenvalue weighted by Crippen LogP contribution is -2.07. The summed E-state index contributed by atoms with van der Waals surface area (Å²) in [5, 5.41) is 0. The highest BCUT2D eigenvalue weighted by atomic mass is 19.2. The molecule has 0 amide bonds. The van der Waals surface area contributed by atoms with Crippen molar-refractivity contribution in [3.63, 3.8) is 0 Å². The summed E-state index contributed by atoms with van der Waals surface area (Å²) >= 11 is 0. The van der Waals surface area contributed by atoms with E-state index < -0.39 is 29.1 Å². The molecule has 0 saturated heterocycles. The van der Waals surface area contributed by atoms with Gasteiger partial charge in [-0.15, -0.1) is 5.73 Å². The van der Waals surface area contributed by atoms with Crippen LogP contribution in [0.3, 0.4) is 0 Å². The van der Waals surface area contributed by atoms with Gasteiger partial charge in [0.15, 0.2) is 17.5 Å². The first kappa shape index (κ1) is 20.1. The third-order valence-electron chi connectivity index (χ3n) is 5.09. The van der Waals surface area contributed by atoms with E-state index >= 15 is 0 Å². The Morgan fingerprint density at radius 3 is 2.00 bits per heavy atom. The van der Waals surface area contributed by atoms with Gasteiger partial charge < -0.3 is 0 Å². The number of hydrogen-bond acceptors (Lipinski definition) is 0. The third-order valence-corrected chi connectivity index (χ3v) is 5.09. The van der Waals surface area contributed by atoms with Crippen molar-refractivity contribution in [2.24, 2.45) is 0 Å². The Labute approximate surface area is 160 Å². The number of rotatable bonds is 4. The van der Waals surface area contributed by atoms with Crippen LogP contribution < -0.4 is 0 Å². The quantitative estimate of drug-likeness (QED) is 0.299. The van der Waals surface area contributed by atoms with Crippen molar-refractivity contribution in [1.82, 2.24) is 0 Å². The Bertz CT molecular complexity index is 911. The van der Waals surface area contributed by atoms with Crippen molar-refractivity contribution in [2.45, 2.75) is 38.0 Å². The number of halogens is 5. The Hall–Kier alpha value is -2.65. The van der Waals surface area contributed by atoms with E-state index in [1.165, 1.54) is 24.3 Å². The van der Waals surface area contributed by atoms with E-state index in [9.17, 15) is 22.0 Å². The Kier molecular flexibility index (Phi) is 6.15. The molecule has 0 spiro atoms. The molecular weight excluding hydrogens is 371 g/mol. The van der Waals surface area contributed by atoms with Crippen LogP contribution in [0.2, 0.25) is 0 Å². The molecule has 0 radical (unpaired) electrons. The lowest BCUT2D eigenvalue weighted by atomic mass is 9.81. The van der Waals surface area contributed by atoms with Crippen molar-refractivity contribution in [1.29, 1.82) is 0 Å².